The summed E-state index contributed by atoms with van der Waals surface area (Å²) in [5.74, 6) is -3.39. The number of carboxylic acid groups (broad SMARTS) is 1. The highest BCUT2D eigenvalue weighted by Crippen LogP contribution is 2.48. The second-order valence-corrected chi connectivity index (χ2v) is 7.66. The van der Waals surface area contributed by atoms with Gasteiger partial charge in [0.15, 0.2) is 5.82 Å². The fourth-order valence-electron chi connectivity index (χ4n) is 2.60. The van der Waals surface area contributed by atoms with Crippen LogP contribution in [0.4, 0.5) is 39.9 Å². The van der Waals surface area contributed by atoms with Gasteiger partial charge in [0.05, 0.1) is 16.8 Å². The van der Waals surface area contributed by atoms with Crippen molar-refractivity contribution in [3.63, 3.8) is 0 Å². The van der Waals surface area contributed by atoms with Gasteiger partial charge in [-0.1, -0.05) is 17.7 Å². The Morgan fingerprint density at radius 1 is 1.22 bits per heavy atom. The minimum absolute atomic E-state index is 0.0749. The Balaban J connectivity index is 0.000000572. The molecule has 1 saturated carbocycles. The Hall–Kier alpha value is -3.21. The van der Waals surface area contributed by atoms with Gasteiger partial charge in [-0.05, 0) is 30.5 Å². The molecule has 3 rings (SSSR count). The summed E-state index contributed by atoms with van der Waals surface area (Å²) < 4.78 is 102. The van der Waals surface area contributed by atoms with Crippen LogP contribution in [0.3, 0.4) is 0 Å². The number of carbonyl (C=O) groups is 2. The number of nitrogens with two attached hydrogens (primary N) is 1. The number of rotatable bonds is 6. The molecular formula is C18H16ClF8N5O4. The van der Waals surface area contributed by atoms with E-state index in [-0.39, 0.29) is 23.6 Å². The van der Waals surface area contributed by atoms with E-state index in [9.17, 15) is 39.9 Å². The predicted molar refractivity (Wildman–Crippen MR) is 104 cm³/mol. The van der Waals surface area contributed by atoms with Crippen LogP contribution in [0.5, 0.6) is 0 Å². The van der Waals surface area contributed by atoms with Gasteiger partial charge in [-0.2, -0.15) is 31.4 Å². The van der Waals surface area contributed by atoms with Crippen LogP contribution in [-0.2, 0) is 9.53 Å². The summed E-state index contributed by atoms with van der Waals surface area (Å²) in [4.78, 5) is 24.1. The van der Waals surface area contributed by atoms with Gasteiger partial charge in [-0.25, -0.2) is 28.0 Å². The number of carbonyl (C=O) groups excluding carboxylic acids is 1. The van der Waals surface area contributed by atoms with E-state index in [0.717, 1.165) is 11.0 Å². The summed E-state index contributed by atoms with van der Waals surface area (Å²) in [5, 5.41) is 12.7. The fourth-order valence-corrected chi connectivity index (χ4v) is 2.80. The standard InChI is InChI=1S/C16H15ClF5N5O2.C2HF3O2/c17-9-2-1-8(5-11(9)27-13(12(18)19)24-7-25-27)10(23)6-29-14(28)26-15(3-4-15)16(20,21)22;3-2(4,5)1(6)7/h1-2,5,7,10,12H,3-4,6,23H2,(H,26,28);(H,6,7)/t10-;/m1./s1. The number of alkyl carbamates (subject to hydrolysis) is 1. The van der Waals surface area contributed by atoms with E-state index in [1.807, 2.05) is 5.32 Å². The Kier molecular flexibility index (Phi) is 8.72. The zero-order chi connectivity index (χ0) is 27.5. The molecule has 0 radical (unpaired) electrons. The van der Waals surface area contributed by atoms with Crippen molar-refractivity contribution in [3.8, 4) is 5.69 Å². The van der Waals surface area contributed by atoms with E-state index in [2.05, 4.69) is 10.1 Å². The summed E-state index contributed by atoms with van der Waals surface area (Å²) in [6.07, 6.45) is -13.3. The Morgan fingerprint density at radius 2 is 1.81 bits per heavy atom. The van der Waals surface area contributed by atoms with E-state index >= 15 is 0 Å². The summed E-state index contributed by atoms with van der Waals surface area (Å²) in [6.45, 7) is -0.445. The van der Waals surface area contributed by atoms with E-state index in [0.29, 0.717) is 5.56 Å². The molecule has 1 aromatic heterocycles. The average Bonchev–Trinajstić information content (AvgIpc) is 3.38. The fraction of sp³-hybridized carbons (Fsp3) is 0.444. The lowest BCUT2D eigenvalue weighted by molar-refractivity contribution is -0.192. The molecule has 0 spiro atoms. The topological polar surface area (TPSA) is 132 Å². The number of amides is 1. The van der Waals surface area contributed by atoms with Crippen LogP contribution in [0.15, 0.2) is 24.5 Å². The van der Waals surface area contributed by atoms with Crippen molar-refractivity contribution in [1.82, 2.24) is 20.1 Å². The molecule has 1 atom stereocenters. The number of aliphatic carboxylic acids is 1. The zero-order valence-corrected chi connectivity index (χ0v) is 18.3. The van der Waals surface area contributed by atoms with Crippen LogP contribution in [0.25, 0.3) is 5.69 Å². The minimum atomic E-state index is -5.08. The lowest BCUT2D eigenvalue weighted by Crippen LogP contribution is -2.48. The molecule has 1 aromatic carbocycles. The third-order valence-electron chi connectivity index (χ3n) is 4.67. The maximum Gasteiger partial charge on any atom is 0.490 e. The van der Waals surface area contributed by atoms with Crippen LogP contribution in [0.2, 0.25) is 5.02 Å². The first-order valence-corrected chi connectivity index (χ1v) is 9.91. The maximum atomic E-state index is 13.0. The molecule has 4 N–H and O–H groups in total. The Morgan fingerprint density at radius 3 is 2.28 bits per heavy atom. The second kappa shape index (κ2) is 10.8. The van der Waals surface area contributed by atoms with Crippen LogP contribution in [-0.4, -0.2) is 56.4 Å². The number of nitrogens with one attached hydrogen (secondary N) is 1. The van der Waals surface area contributed by atoms with E-state index in [4.69, 9.17) is 32.0 Å². The molecule has 9 nitrogen and oxygen atoms in total. The van der Waals surface area contributed by atoms with E-state index in [1.165, 1.54) is 18.2 Å². The maximum absolute atomic E-state index is 13.0. The zero-order valence-electron chi connectivity index (χ0n) is 17.6. The van der Waals surface area contributed by atoms with Crippen molar-refractivity contribution in [1.29, 1.82) is 0 Å². The quantitative estimate of drug-likeness (QED) is 0.454. The number of hydrogen-bond donors (Lipinski definition) is 3. The van der Waals surface area contributed by atoms with E-state index < -0.39 is 54.9 Å². The molecule has 0 bridgehead atoms. The lowest BCUT2D eigenvalue weighted by atomic mass is 10.1. The van der Waals surface area contributed by atoms with Gasteiger partial charge < -0.3 is 20.9 Å². The number of benzene rings is 1. The van der Waals surface area contributed by atoms with Crippen LogP contribution < -0.4 is 11.1 Å². The lowest BCUT2D eigenvalue weighted by Gasteiger charge is -2.21. The third-order valence-corrected chi connectivity index (χ3v) is 4.99. The van der Waals surface area contributed by atoms with Crippen molar-refractivity contribution in [2.24, 2.45) is 5.73 Å². The third kappa shape index (κ3) is 7.16. The van der Waals surface area contributed by atoms with Gasteiger partial charge >= 0.3 is 24.4 Å². The van der Waals surface area contributed by atoms with Crippen molar-refractivity contribution in [2.75, 3.05) is 6.61 Å². The Labute approximate surface area is 201 Å². The second-order valence-electron chi connectivity index (χ2n) is 7.25. The first-order chi connectivity index (χ1) is 16.5. The molecule has 1 heterocycles. The molecule has 0 unspecified atom stereocenters. The highest BCUT2D eigenvalue weighted by molar-refractivity contribution is 6.32. The van der Waals surface area contributed by atoms with Crippen molar-refractivity contribution in [3.05, 3.63) is 40.9 Å². The van der Waals surface area contributed by atoms with Gasteiger partial charge in [0.25, 0.3) is 6.43 Å². The largest absolute Gasteiger partial charge is 0.490 e. The number of halogens is 9. The Bertz CT molecular complexity index is 1090. The summed E-state index contributed by atoms with van der Waals surface area (Å²) in [5.41, 5.74) is 4.08. The van der Waals surface area contributed by atoms with Crippen molar-refractivity contribution in [2.45, 2.75) is 43.2 Å². The van der Waals surface area contributed by atoms with Crippen LogP contribution in [0, 0.1) is 0 Å². The molecule has 1 aliphatic rings. The van der Waals surface area contributed by atoms with Crippen molar-refractivity contribution < 1.29 is 54.6 Å². The predicted octanol–water partition coefficient (Wildman–Crippen LogP) is 4.31. The molecule has 0 aliphatic heterocycles. The summed E-state index contributed by atoms with van der Waals surface area (Å²) in [6, 6.07) is 3.25. The molecule has 2 aromatic rings. The first kappa shape index (κ1) is 29.0. The monoisotopic (exact) mass is 553 g/mol. The summed E-state index contributed by atoms with van der Waals surface area (Å²) >= 11 is 6.04. The number of alkyl halides is 8. The SMILES string of the molecule is N[C@H](COC(=O)NC1(C(F)(F)F)CC1)c1ccc(Cl)c(-n2ncnc2C(F)F)c1.O=C(O)C(F)(F)F. The van der Waals surface area contributed by atoms with E-state index in [1.54, 1.807) is 0 Å². The number of ether oxygens (including phenoxy) is 1. The smallest absolute Gasteiger partial charge is 0.475 e. The number of hydrogen-bond acceptors (Lipinski definition) is 6. The normalized spacial score (nSPS) is 15.5. The molecule has 200 valence electrons. The molecular weight excluding hydrogens is 538 g/mol. The molecule has 1 amide bonds. The van der Waals surface area contributed by atoms with Gasteiger partial charge in [0.2, 0.25) is 0 Å². The highest BCUT2D eigenvalue weighted by Gasteiger charge is 2.64. The van der Waals surface area contributed by atoms with Crippen LogP contribution in [0.1, 0.15) is 36.7 Å². The molecule has 18 heteroatoms. The molecule has 1 fully saturated rings. The average molecular weight is 554 g/mol. The van der Waals surface area contributed by atoms with Gasteiger partial charge in [-0.15, -0.1) is 0 Å². The first-order valence-electron chi connectivity index (χ1n) is 9.54. The van der Waals surface area contributed by atoms with Gasteiger partial charge in [0, 0.05) is 0 Å². The number of nitrogens with zero attached hydrogens (tertiary/aromatic N) is 3. The number of carboxylic acids is 1. The minimum Gasteiger partial charge on any atom is -0.475 e. The van der Waals surface area contributed by atoms with Gasteiger partial charge in [-0.3, -0.25) is 0 Å². The van der Waals surface area contributed by atoms with Crippen molar-refractivity contribution >= 4 is 23.7 Å². The summed E-state index contributed by atoms with van der Waals surface area (Å²) in [7, 11) is 0. The van der Waals surface area contributed by atoms with Crippen LogP contribution >= 0.6 is 11.6 Å². The van der Waals surface area contributed by atoms with Gasteiger partial charge in [0.1, 0.15) is 18.5 Å². The number of aromatic nitrogens is 3. The molecule has 0 saturated heterocycles. The molecule has 36 heavy (non-hydrogen) atoms. The molecule has 1 aliphatic carbocycles. The highest BCUT2D eigenvalue weighted by atomic mass is 35.5.